The molecule has 27 heavy (non-hydrogen) atoms. The number of amides is 2. The number of nitrogens with one attached hydrogen (secondary N) is 1. The molecule has 0 aliphatic carbocycles. The van der Waals surface area contributed by atoms with Crippen molar-refractivity contribution in [3.05, 3.63) is 71.8 Å². The smallest absolute Gasteiger partial charge is 0.253 e. The summed E-state index contributed by atoms with van der Waals surface area (Å²) in [6.07, 6.45) is 2.33. The zero-order chi connectivity index (χ0) is 19.1. The molecule has 2 amide bonds. The molecule has 1 N–H and O–H groups in total. The van der Waals surface area contributed by atoms with Gasteiger partial charge in [-0.25, -0.2) is 0 Å². The Labute approximate surface area is 161 Å². The number of nitrogens with zero attached hydrogens (tertiary/aromatic N) is 1. The van der Waals surface area contributed by atoms with Gasteiger partial charge in [-0.05, 0) is 42.4 Å². The molecule has 0 bridgehead atoms. The molecule has 1 atom stereocenters. The Morgan fingerprint density at radius 2 is 1.59 bits per heavy atom. The minimum absolute atomic E-state index is 0.0928. The standard InChI is InChI=1S/C23H28N2O2/c1-18(20-8-4-2-5-9-20)17-24-22(26)16-19-12-14-25(15-13-19)23(27)21-10-6-3-7-11-21/h2-11,18-19H,12-17H2,1H3,(H,24,26). The second-order valence-corrected chi connectivity index (χ2v) is 7.42. The normalized spacial score (nSPS) is 16.0. The molecule has 1 saturated heterocycles. The molecule has 2 aromatic carbocycles. The topological polar surface area (TPSA) is 49.4 Å². The van der Waals surface area contributed by atoms with Gasteiger partial charge < -0.3 is 10.2 Å². The van der Waals surface area contributed by atoms with Crippen LogP contribution in [0.2, 0.25) is 0 Å². The van der Waals surface area contributed by atoms with Crippen LogP contribution in [0.15, 0.2) is 60.7 Å². The molecular weight excluding hydrogens is 336 g/mol. The predicted molar refractivity (Wildman–Crippen MR) is 108 cm³/mol. The molecule has 4 heteroatoms. The predicted octanol–water partition coefficient (Wildman–Crippen LogP) is 3.85. The van der Waals surface area contributed by atoms with Crippen LogP contribution in [0.5, 0.6) is 0 Å². The van der Waals surface area contributed by atoms with Crippen molar-refractivity contribution in [2.45, 2.75) is 32.1 Å². The molecule has 0 aromatic heterocycles. The third-order valence-corrected chi connectivity index (χ3v) is 5.37. The summed E-state index contributed by atoms with van der Waals surface area (Å²) in [6.45, 7) is 4.25. The van der Waals surface area contributed by atoms with E-state index in [1.807, 2.05) is 53.4 Å². The van der Waals surface area contributed by atoms with Crippen LogP contribution < -0.4 is 5.32 Å². The Hall–Kier alpha value is -2.62. The first-order chi connectivity index (χ1) is 13.1. The van der Waals surface area contributed by atoms with Gasteiger partial charge >= 0.3 is 0 Å². The first-order valence-electron chi connectivity index (χ1n) is 9.79. The molecule has 4 nitrogen and oxygen atoms in total. The lowest BCUT2D eigenvalue weighted by molar-refractivity contribution is -0.122. The van der Waals surface area contributed by atoms with Crippen LogP contribution in [0, 0.1) is 5.92 Å². The largest absolute Gasteiger partial charge is 0.355 e. The van der Waals surface area contributed by atoms with E-state index in [2.05, 4.69) is 24.4 Å². The number of piperidine rings is 1. The SMILES string of the molecule is CC(CNC(=O)CC1CCN(C(=O)c2ccccc2)CC1)c1ccccc1. The second-order valence-electron chi connectivity index (χ2n) is 7.42. The van der Waals surface area contributed by atoms with E-state index in [0.717, 1.165) is 31.5 Å². The van der Waals surface area contributed by atoms with Crippen molar-refractivity contribution < 1.29 is 9.59 Å². The average Bonchev–Trinajstić information content (AvgIpc) is 2.73. The highest BCUT2D eigenvalue weighted by Gasteiger charge is 2.25. The monoisotopic (exact) mass is 364 g/mol. The molecule has 3 rings (SSSR count). The number of hydrogen-bond donors (Lipinski definition) is 1. The van der Waals surface area contributed by atoms with E-state index in [4.69, 9.17) is 0 Å². The number of rotatable bonds is 6. The molecule has 2 aromatic rings. The average molecular weight is 364 g/mol. The Morgan fingerprint density at radius 1 is 1.00 bits per heavy atom. The van der Waals surface area contributed by atoms with Gasteiger partial charge in [0.2, 0.25) is 5.91 Å². The van der Waals surface area contributed by atoms with Gasteiger partial charge in [0.05, 0.1) is 0 Å². The van der Waals surface area contributed by atoms with E-state index in [9.17, 15) is 9.59 Å². The summed E-state index contributed by atoms with van der Waals surface area (Å²) in [4.78, 5) is 26.7. The maximum Gasteiger partial charge on any atom is 0.253 e. The van der Waals surface area contributed by atoms with Gasteiger partial charge in [-0.15, -0.1) is 0 Å². The Kier molecular flexibility index (Phi) is 6.64. The van der Waals surface area contributed by atoms with E-state index < -0.39 is 0 Å². The Morgan fingerprint density at radius 3 is 2.22 bits per heavy atom. The highest BCUT2D eigenvalue weighted by Crippen LogP contribution is 2.22. The van der Waals surface area contributed by atoms with Crippen LogP contribution in [-0.4, -0.2) is 36.3 Å². The fraction of sp³-hybridized carbons (Fsp3) is 0.391. The Balaban J connectivity index is 1.40. The van der Waals surface area contributed by atoms with E-state index in [-0.39, 0.29) is 11.8 Å². The van der Waals surface area contributed by atoms with E-state index in [1.165, 1.54) is 5.56 Å². The van der Waals surface area contributed by atoms with Gasteiger partial charge in [-0.2, -0.15) is 0 Å². The molecule has 1 aliphatic heterocycles. The van der Waals surface area contributed by atoms with Crippen LogP contribution in [0.3, 0.4) is 0 Å². The zero-order valence-electron chi connectivity index (χ0n) is 15.9. The first-order valence-corrected chi connectivity index (χ1v) is 9.79. The molecule has 142 valence electrons. The summed E-state index contributed by atoms with van der Waals surface area (Å²) >= 11 is 0. The number of carbonyl (C=O) groups is 2. The maximum absolute atomic E-state index is 12.5. The summed E-state index contributed by atoms with van der Waals surface area (Å²) in [5.74, 6) is 0.873. The van der Waals surface area contributed by atoms with Gasteiger partial charge in [-0.1, -0.05) is 55.5 Å². The van der Waals surface area contributed by atoms with Crippen molar-refractivity contribution in [2.24, 2.45) is 5.92 Å². The van der Waals surface area contributed by atoms with Crippen molar-refractivity contribution in [1.29, 1.82) is 0 Å². The van der Waals surface area contributed by atoms with Crippen molar-refractivity contribution >= 4 is 11.8 Å². The Bertz CT molecular complexity index is 737. The highest BCUT2D eigenvalue weighted by molar-refractivity contribution is 5.94. The molecule has 0 saturated carbocycles. The lowest BCUT2D eigenvalue weighted by Gasteiger charge is -2.32. The second kappa shape index (κ2) is 9.36. The van der Waals surface area contributed by atoms with Crippen LogP contribution in [-0.2, 0) is 4.79 Å². The van der Waals surface area contributed by atoms with E-state index in [1.54, 1.807) is 0 Å². The maximum atomic E-state index is 12.5. The van der Waals surface area contributed by atoms with Gasteiger partial charge in [0.15, 0.2) is 0 Å². The molecule has 1 unspecified atom stereocenters. The van der Waals surface area contributed by atoms with E-state index >= 15 is 0 Å². The molecule has 0 spiro atoms. The highest BCUT2D eigenvalue weighted by atomic mass is 16.2. The summed E-state index contributed by atoms with van der Waals surface area (Å²) in [6, 6.07) is 19.7. The van der Waals surface area contributed by atoms with Gasteiger partial charge in [0, 0.05) is 31.6 Å². The minimum Gasteiger partial charge on any atom is -0.355 e. The van der Waals surface area contributed by atoms with Crippen LogP contribution in [0.25, 0.3) is 0 Å². The minimum atomic E-state index is 0.0928. The summed E-state index contributed by atoms with van der Waals surface area (Å²) in [7, 11) is 0. The van der Waals surface area contributed by atoms with Crippen LogP contribution in [0.4, 0.5) is 0 Å². The summed E-state index contributed by atoms with van der Waals surface area (Å²) in [5, 5.41) is 3.07. The molecule has 0 radical (unpaired) electrons. The number of hydrogen-bond acceptors (Lipinski definition) is 2. The summed E-state index contributed by atoms with van der Waals surface area (Å²) in [5.41, 5.74) is 1.98. The third kappa shape index (κ3) is 5.43. The number of likely N-dealkylation sites (tertiary alicyclic amines) is 1. The van der Waals surface area contributed by atoms with Crippen LogP contribution >= 0.6 is 0 Å². The molecule has 1 heterocycles. The third-order valence-electron chi connectivity index (χ3n) is 5.37. The van der Waals surface area contributed by atoms with Crippen LogP contribution in [0.1, 0.15) is 48.0 Å². The lowest BCUT2D eigenvalue weighted by Crippen LogP contribution is -2.39. The first kappa shape index (κ1) is 19.2. The van der Waals surface area contributed by atoms with Crippen molar-refractivity contribution in [1.82, 2.24) is 10.2 Å². The molecule has 1 aliphatic rings. The number of carbonyl (C=O) groups excluding carboxylic acids is 2. The fourth-order valence-corrected chi connectivity index (χ4v) is 3.60. The van der Waals surface area contributed by atoms with Gasteiger partial charge in [-0.3, -0.25) is 9.59 Å². The molecule has 1 fully saturated rings. The fourth-order valence-electron chi connectivity index (χ4n) is 3.60. The van der Waals surface area contributed by atoms with Crippen molar-refractivity contribution in [2.75, 3.05) is 19.6 Å². The number of benzene rings is 2. The zero-order valence-corrected chi connectivity index (χ0v) is 15.9. The quantitative estimate of drug-likeness (QED) is 0.846. The van der Waals surface area contributed by atoms with Gasteiger partial charge in [0.25, 0.3) is 5.91 Å². The van der Waals surface area contributed by atoms with Gasteiger partial charge in [0.1, 0.15) is 0 Å². The van der Waals surface area contributed by atoms with Crippen molar-refractivity contribution in [3.8, 4) is 0 Å². The lowest BCUT2D eigenvalue weighted by atomic mass is 9.92. The van der Waals surface area contributed by atoms with Crippen molar-refractivity contribution in [3.63, 3.8) is 0 Å². The van der Waals surface area contributed by atoms with E-state index in [0.29, 0.717) is 24.8 Å². The summed E-state index contributed by atoms with van der Waals surface area (Å²) < 4.78 is 0. The molecular formula is C23H28N2O2.